The summed E-state index contributed by atoms with van der Waals surface area (Å²) >= 11 is -1.51. The molecule has 35 heavy (non-hydrogen) atoms. The van der Waals surface area contributed by atoms with Gasteiger partial charge in [-0.3, -0.25) is 4.98 Å². The number of halogens is 1. The molecule has 2 N–H and O–H groups in total. The number of rotatable bonds is 6. The third kappa shape index (κ3) is 4.97. The Morgan fingerprint density at radius 1 is 1.06 bits per heavy atom. The Balaban J connectivity index is 1.44. The standard InChI is InChI=1S/C25H21FN6O2S/c26-20-7-6-17(31-35(33)18-4-2-1-3-5-18)14-23(20)29-21-8-9-22-25(19(21)15-27)30-24(16-28-22)32-10-12-34-13-11-32/h1-9,14,16,29,31H,10-13H2. The quantitative estimate of drug-likeness (QED) is 0.386. The maximum absolute atomic E-state index is 14.7. The van der Waals surface area contributed by atoms with Crippen molar-refractivity contribution in [2.75, 3.05) is 41.2 Å². The van der Waals surface area contributed by atoms with Crippen LogP contribution in [0.1, 0.15) is 5.56 Å². The van der Waals surface area contributed by atoms with Crippen molar-refractivity contribution >= 4 is 45.3 Å². The van der Waals surface area contributed by atoms with Gasteiger partial charge in [0.25, 0.3) is 0 Å². The summed E-state index contributed by atoms with van der Waals surface area (Å²) in [7, 11) is 0. The Labute approximate surface area is 204 Å². The summed E-state index contributed by atoms with van der Waals surface area (Å²) < 4.78 is 35.5. The van der Waals surface area contributed by atoms with E-state index in [1.165, 1.54) is 18.2 Å². The van der Waals surface area contributed by atoms with E-state index in [0.717, 1.165) is 0 Å². The van der Waals surface area contributed by atoms with Crippen LogP contribution in [-0.4, -0.2) is 40.8 Å². The molecule has 8 nitrogen and oxygen atoms in total. The topological polar surface area (TPSA) is 109 Å². The number of benzene rings is 3. The van der Waals surface area contributed by atoms with Gasteiger partial charge in [0.2, 0.25) is 0 Å². The zero-order chi connectivity index (χ0) is 24.2. The van der Waals surface area contributed by atoms with Gasteiger partial charge in [0.15, 0.2) is 4.90 Å². The number of anilines is 4. The summed E-state index contributed by atoms with van der Waals surface area (Å²) in [6.07, 6.45) is 1.68. The molecule has 0 bridgehead atoms. The minimum atomic E-state index is -1.51. The van der Waals surface area contributed by atoms with Crippen LogP contribution in [0.15, 0.2) is 71.8 Å². The van der Waals surface area contributed by atoms with E-state index >= 15 is 0 Å². The normalized spacial score (nSPS) is 14.4. The fourth-order valence-electron chi connectivity index (χ4n) is 3.77. The number of hydrogen-bond donors (Lipinski definition) is 2. The van der Waals surface area contributed by atoms with Gasteiger partial charge in [-0.2, -0.15) is 5.26 Å². The highest BCUT2D eigenvalue weighted by Crippen LogP contribution is 2.30. The van der Waals surface area contributed by atoms with E-state index in [1.807, 2.05) is 6.07 Å². The zero-order valence-corrected chi connectivity index (χ0v) is 19.4. The van der Waals surface area contributed by atoms with Crippen molar-refractivity contribution in [1.82, 2.24) is 9.97 Å². The van der Waals surface area contributed by atoms with Crippen molar-refractivity contribution in [2.24, 2.45) is 0 Å². The summed E-state index contributed by atoms with van der Waals surface area (Å²) in [6.45, 7) is 2.58. The first-order chi connectivity index (χ1) is 17.1. The molecule has 0 saturated carbocycles. The minimum Gasteiger partial charge on any atom is -0.588 e. The average molecular weight is 489 g/mol. The molecular formula is C25H21FN6O2S. The Morgan fingerprint density at radius 2 is 1.86 bits per heavy atom. The highest BCUT2D eigenvalue weighted by molar-refractivity contribution is 7.92. The van der Waals surface area contributed by atoms with Crippen LogP contribution >= 0.6 is 0 Å². The molecule has 0 aliphatic carbocycles. The first-order valence-corrected chi connectivity index (χ1v) is 12.1. The van der Waals surface area contributed by atoms with Crippen LogP contribution < -0.4 is 14.9 Å². The van der Waals surface area contributed by atoms with Crippen LogP contribution in [0.3, 0.4) is 0 Å². The lowest BCUT2D eigenvalue weighted by Gasteiger charge is -2.27. The predicted molar refractivity (Wildman–Crippen MR) is 133 cm³/mol. The highest BCUT2D eigenvalue weighted by Gasteiger charge is 2.18. The monoisotopic (exact) mass is 488 g/mol. The van der Waals surface area contributed by atoms with Crippen molar-refractivity contribution in [1.29, 1.82) is 5.26 Å². The fraction of sp³-hybridized carbons (Fsp3) is 0.160. The largest absolute Gasteiger partial charge is 0.588 e. The van der Waals surface area contributed by atoms with Crippen LogP contribution in [0.4, 0.5) is 27.3 Å². The molecular weight excluding hydrogens is 467 g/mol. The van der Waals surface area contributed by atoms with Crippen molar-refractivity contribution in [3.8, 4) is 6.07 Å². The second kappa shape index (κ2) is 10.1. The van der Waals surface area contributed by atoms with Crippen molar-refractivity contribution in [3.05, 3.63) is 78.2 Å². The van der Waals surface area contributed by atoms with Gasteiger partial charge in [0.1, 0.15) is 40.1 Å². The number of ether oxygens (including phenoxy) is 1. The van der Waals surface area contributed by atoms with E-state index in [-0.39, 0.29) is 11.3 Å². The molecule has 1 unspecified atom stereocenters. The number of nitrogens with zero attached hydrogens (tertiary/aromatic N) is 4. The molecule has 0 spiro atoms. The van der Waals surface area contributed by atoms with Crippen molar-refractivity contribution in [2.45, 2.75) is 4.90 Å². The highest BCUT2D eigenvalue weighted by atomic mass is 32.2. The molecule has 5 rings (SSSR count). The second-order valence-electron chi connectivity index (χ2n) is 7.80. The van der Waals surface area contributed by atoms with Crippen LogP contribution in [0.2, 0.25) is 0 Å². The van der Waals surface area contributed by atoms with E-state index in [2.05, 4.69) is 31.0 Å². The lowest BCUT2D eigenvalue weighted by molar-refractivity contribution is 0.122. The van der Waals surface area contributed by atoms with Gasteiger partial charge in [-0.25, -0.2) is 14.1 Å². The maximum atomic E-state index is 14.7. The molecule has 10 heteroatoms. The van der Waals surface area contributed by atoms with Gasteiger partial charge in [-0.15, -0.1) is 0 Å². The number of hydrogen-bond acceptors (Lipinski definition) is 8. The number of morpholine rings is 1. The third-order valence-corrected chi connectivity index (χ3v) is 6.67. The average Bonchev–Trinajstić information content (AvgIpc) is 2.91. The Hall–Kier alpha value is -3.91. The summed E-state index contributed by atoms with van der Waals surface area (Å²) in [4.78, 5) is 11.8. The van der Waals surface area contributed by atoms with Crippen LogP contribution in [0, 0.1) is 17.1 Å². The number of nitriles is 1. The smallest absolute Gasteiger partial charge is 0.179 e. The molecule has 1 atom stereocenters. The van der Waals surface area contributed by atoms with Gasteiger partial charge in [0.05, 0.1) is 42.0 Å². The molecule has 4 aromatic rings. The third-order valence-electron chi connectivity index (χ3n) is 5.55. The molecule has 1 aromatic heterocycles. The molecule has 1 saturated heterocycles. The summed E-state index contributed by atoms with van der Waals surface area (Å²) in [5, 5.41) is 12.9. The SMILES string of the molecule is N#Cc1c(Nc2cc(N[S+]([O-])c3ccccc3)ccc2F)ccc2ncc(N3CCOCC3)nc12. The van der Waals surface area contributed by atoms with Gasteiger partial charge in [-0.05, 0) is 42.5 Å². The fourth-order valence-corrected chi connectivity index (χ4v) is 4.63. The zero-order valence-electron chi connectivity index (χ0n) is 18.6. The van der Waals surface area contributed by atoms with Crippen molar-refractivity contribution in [3.63, 3.8) is 0 Å². The second-order valence-corrected chi connectivity index (χ2v) is 9.01. The van der Waals surface area contributed by atoms with Crippen molar-refractivity contribution < 1.29 is 13.7 Å². The molecule has 0 radical (unpaired) electrons. The molecule has 3 aromatic carbocycles. The number of aromatic nitrogens is 2. The van der Waals surface area contributed by atoms with Crippen LogP contribution in [0.5, 0.6) is 0 Å². The Kier molecular flexibility index (Phi) is 6.63. The molecule has 176 valence electrons. The molecule has 1 aliphatic rings. The van der Waals surface area contributed by atoms with Crippen LogP contribution in [0.25, 0.3) is 11.0 Å². The van der Waals surface area contributed by atoms with Gasteiger partial charge < -0.3 is 19.5 Å². The molecule has 0 amide bonds. The van der Waals surface area contributed by atoms with Crippen LogP contribution in [-0.2, 0) is 16.1 Å². The first-order valence-electron chi connectivity index (χ1n) is 10.9. The van der Waals surface area contributed by atoms with E-state index in [4.69, 9.17) is 4.74 Å². The number of nitrogens with one attached hydrogen (secondary N) is 2. The minimum absolute atomic E-state index is 0.133. The molecule has 1 fully saturated rings. The lowest BCUT2D eigenvalue weighted by atomic mass is 10.1. The van der Waals surface area contributed by atoms with E-state index in [1.54, 1.807) is 42.6 Å². The number of fused-ring (bicyclic) bond motifs is 1. The summed E-state index contributed by atoms with van der Waals surface area (Å²) in [5.41, 5.74) is 2.25. The first kappa shape index (κ1) is 22.9. The summed E-state index contributed by atoms with van der Waals surface area (Å²) in [5.74, 6) is 0.147. The van der Waals surface area contributed by atoms with Gasteiger partial charge in [0, 0.05) is 13.1 Å². The Morgan fingerprint density at radius 3 is 2.63 bits per heavy atom. The molecule has 2 heterocycles. The summed E-state index contributed by atoms with van der Waals surface area (Å²) in [6, 6.07) is 18.8. The maximum Gasteiger partial charge on any atom is 0.179 e. The van der Waals surface area contributed by atoms with Gasteiger partial charge >= 0.3 is 0 Å². The Bertz CT molecular complexity index is 1390. The predicted octanol–water partition coefficient (Wildman–Crippen LogP) is 4.36. The van der Waals surface area contributed by atoms with E-state index < -0.39 is 17.2 Å². The lowest BCUT2D eigenvalue weighted by Crippen LogP contribution is -2.36. The van der Waals surface area contributed by atoms with E-state index in [9.17, 15) is 14.2 Å². The van der Waals surface area contributed by atoms with Gasteiger partial charge in [-0.1, -0.05) is 18.2 Å². The molecule has 1 aliphatic heterocycles. The van der Waals surface area contributed by atoms with E-state index in [0.29, 0.717) is 59.4 Å².